The third-order valence-corrected chi connectivity index (χ3v) is 9.85. The van der Waals surface area contributed by atoms with Gasteiger partial charge in [-0.2, -0.15) is 0 Å². The number of benzene rings is 3. The second-order valence-corrected chi connectivity index (χ2v) is 13.7. The van der Waals surface area contributed by atoms with Crippen LogP contribution in [0.25, 0.3) is 0 Å². The molecule has 0 saturated carbocycles. The molecule has 4 N–H and O–H groups in total. The van der Waals surface area contributed by atoms with Crippen molar-refractivity contribution in [1.82, 2.24) is 30.7 Å². The Bertz CT molecular complexity index is 1870. The lowest BCUT2D eigenvalue weighted by atomic mass is 9.98. The van der Waals surface area contributed by atoms with Crippen molar-refractivity contribution in [2.24, 2.45) is 0 Å². The normalized spacial score (nSPS) is 25.1. The number of ether oxygens (including phenoxy) is 1. The van der Waals surface area contributed by atoms with Gasteiger partial charge in [-0.15, -0.1) is 0 Å². The topological polar surface area (TPSA) is 178 Å². The number of phenolic OH excluding ortho intramolecular Hbond substituents is 1. The molecular weight excluding hydrogens is 680 g/mol. The number of nitrogens with zero attached hydrogens (tertiary/aromatic N) is 3. The predicted octanol–water partition coefficient (Wildman–Crippen LogP) is 1.53. The Morgan fingerprint density at radius 3 is 1.83 bits per heavy atom. The molecule has 6 rings (SSSR count). The summed E-state index contributed by atoms with van der Waals surface area (Å²) in [6.07, 6.45) is 0.117. The van der Waals surface area contributed by atoms with E-state index in [1.807, 2.05) is 30.3 Å². The minimum absolute atomic E-state index is 0.0435. The van der Waals surface area contributed by atoms with Gasteiger partial charge in [-0.25, -0.2) is 0 Å². The summed E-state index contributed by atoms with van der Waals surface area (Å²) in [6, 6.07) is 13.8. The Morgan fingerprint density at radius 1 is 0.623 bits per heavy atom. The number of rotatable bonds is 2. The second-order valence-electron chi connectivity index (χ2n) is 13.7. The largest absolute Gasteiger partial charge is 0.504 e. The number of carbonyl (C=O) groups excluding carboxylic acids is 6. The standard InChI is InChI=1S/C39H46N6O8/c1-22-34(47)41-23(2)37(50)43(4)29(18-25-10-8-7-9-11-25)36(49)42-24(3)38(51)45(6)31-19-26-12-15-28(16-13-26)53-33-21-27(14-17-32(33)46)20-30(35(48)40-22)44(5)39(31)52/h7-17,21-24,29-31,46H,18-20H2,1-6H3,(H,40,48)(H,41,47)(H,42,49)/t22-,23+,24+,29+,30+,31+/m1/s1. The number of phenols is 1. The van der Waals surface area contributed by atoms with Crippen molar-refractivity contribution in [2.75, 3.05) is 21.1 Å². The molecule has 6 atom stereocenters. The third-order valence-electron chi connectivity index (χ3n) is 9.85. The van der Waals surface area contributed by atoms with Crippen LogP contribution in [0.15, 0.2) is 72.8 Å². The fraction of sp³-hybridized carbons (Fsp3) is 0.385. The fourth-order valence-corrected chi connectivity index (χ4v) is 6.53. The Kier molecular flexibility index (Phi) is 11.7. The van der Waals surface area contributed by atoms with E-state index in [-0.39, 0.29) is 30.8 Å². The van der Waals surface area contributed by atoms with E-state index >= 15 is 0 Å². The molecule has 3 heterocycles. The number of aromatic hydroxyl groups is 1. The first-order valence-corrected chi connectivity index (χ1v) is 17.5. The van der Waals surface area contributed by atoms with Crippen LogP contribution in [0.1, 0.15) is 37.5 Å². The van der Waals surface area contributed by atoms with Crippen molar-refractivity contribution < 1.29 is 38.6 Å². The van der Waals surface area contributed by atoms with Gasteiger partial charge in [0.1, 0.15) is 42.0 Å². The van der Waals surface area contributed by atoms with Crippen LogP contribution in [0.2, 0.25) is 0 Å². The molecular formula is C39H46N6O8. The predicted molar refractivity (Wildman–Crippen MR) is 195 cm³/mol. The average Bonchev–Trinajstić information content (AvgIpc) is 3.14. The van der Waals surface area contributed by atoms with E-state index in [1.165, 1.54) is 62.7 Å². The smallest absolute Gasteiger partial charge is 0.246 e. The number of carbonyl (C=O) groups is 6. The van der Waals surface area contributed by atoms with Crippen molar-refractivity contribution in [3.8, 4) is 17.2 Å². The van der Waals surface area contributed by atoms with Crippen LogP contribution < -0.4 is 20.7 Å². The molecule has 3 aromatic rings. The summed E-state index contributed by atoms with van der Waals surface area (Å²) in [6.45, 7) is 4.43. The minimum atomic E-state index is -1.19. The molecule has 0 unspecified atom stereocenters. The number of hydrogen-bond acceptors (Lipinski definition) is 8. The molecule has 3 aliphatic heterocycles. The quantitative estimate of drug-likeness (QED) is 0.307. The summed E-state index contributed by atoms with van der Waals surface area (Å²) in [5.41, 5.74) is 1.97. The van der Waals surface area contributed by atoms with Crippen molar-refractivity contribution >= 4 is 35.4 Å². The molecule has 14 nitrogen and oxygen atoms in total. The minimum Gasteiger partial charge on any atom is -0.504 e. The summed E-state index contributed by atoms with van der Waals surface area (Å²) in [7, 11) is 4.37. The van der Waals surface area contributed by atoms with E-state index in [1.54, 1.807) is 36.4 Å². The van der Waals surface area contributed by atoms with E-state index in [4.69, 9.17) is 4.74 Å². The van der Waals surface area contributed by atoms with Crippen LogP contribution in [0.3, 0.4) is 0 Å². The van der Waals surface area contributed by atoms with Crippen LogP contribution in [0.5, 0.6) is 17.2 Å². The summed E-state index contributed by atoms with van der Waals surface area (Å²) >= 11 is 0. The van der Waals surface area contributed by atoms with E-state index in [0.29, 0.717) is 16.9 Å². The first kappa shape index (κ1) is 38.3. The maximum atomic E-state index is 14.5. The Balaban J connectivity index is 1.58. The molecule has 1 fully saturated rings. The molecule has 6 amide bonds. The summed E-state index contributed by atoms with van der Waals surface area (Å²) in [5, 5.41) is 18.6. The SMILES string of the molecule is C[C@@H]1NC(=O)[C@@H](C)NC(=O)[C@@H]2Cc3ccc(O)c(c3)Oc3ccc(cc3)C[C@@H](C(=O)N2C)N(C)C(=O)[C@H](C)NC(=O)[C@H](Cc2ccccc2)N(C)C1=O. The molecule has 53 heavy (non-hydrogen) atoms. The number of fused-ring (bicyclic) bond motifs is 2. The highest BCUT2D eigenvalue weighted by atomic mass is 16.5. The zero-order chi connectivity index (χ0) is 38.6. The molecule has 0 aromatic heterocycles. The lowest BCUT2D eigenvalue weighted by Crippen LogP contribution is -2.61. The average molecular weight is 727 g/mol. The van der Waals surface area contributed by atoms with E-state index in [9.17, 15) is 33.9 Å². The van der Waals surface area contributed by atoms with Crippen LogP contribution in [0, 0.1) is 0 Å². The zero-order valence-electron chi connectivity index (χ0n) is 30.7. The van der Waals surface area contributed by atoms with Crippen LogP contribution in [-0.4, -0.2) is 113 Å². The molecule has 1 saturated heterocycles. The Hall–Kier alpha value is -5.92. The van der Waals surface area contributed by atoms with Gasteiger partial charge in [0.25, 0.3) is 0 Å². The van der Waals surface area contributed by atoms with Gasteiger partial charge in [0.2, 0.25) is 35.4 Å². The van der Waals surface area contributed by atoms with Gasteiger partial charge in [0.15, 0.2) is 11.5 Å². The Labute approximate surface area is 308 Å². The van der Waals surface area contributed by atoms with Crippen molar-refractivity contribution in [1.29, 1.82) is 0 Å². The van der Waals surface area contributed by atoms with Gasteiger partial charge < -0.3 is 40.5 Å². The van der Waals surface area contributed by atoms with Crippen LogP contribution >= 0.6 is 0 Å². The third kappa shape index (κ3) is 8.76. The summed E-state index contributed by atoms with van der Waals surface area (Å²) < 4.78 is 5.96. The molecule has 0 radical (unpaired) electrons. The highest BCUT2D eigenvalue weighted by Crippen LogP contribution is 2.33. The van der Waals surface area contributed by atoms with Crippen molar-refractivity contribution in [3.05, 3.63) is 89.5 Å². The number of nitrogens with one attached hydrogen (secondary N) is 3. The van der Waals surface area contributed by atoms with Crippen LogP contribution in [0.4, 0.5) is 0 Å². The molecule has 6 bridgehead atoms. The molecule has 0 aliphatic carbocycles. The van der Waals surface area contributed by atoms with E-state index in [2.05, 4.69) is 16.0 Å². The molecule has 0 spiro atoms. The van der Waals surface area contributed by atoms with Gasteiger partial charge in [-0.1, -0.05) is 48.5 Å². The van der Waals surface area contributed by atoms with Gasteiger partial charge in [-0.3, -0.25) is 28.8 Å². The van der Waals surface area contributed by atoms with Gasteiger partial charge in [0.05, 0.1) is 0 Å². The number of hydrogen-bond donors (Lipinski definition) is 4. The summed E-state index contributed by atoms with van der Waals surface area (Å²) in [4.78, 5) is 87.5. The summed E-state index contributed by atoms with van der Waals surface area (Å²) in [5.74, 6) is -3.19. The van der Waals surface area contributed by atoms with Gasteiger partial charge in [-0.05, 0) is 61.7 Å². The molecule has 280 valence electrons. The van der Waals surface area contributed by atoms with Gasteiger partial charge >= 0.3 is 0 Å². The van der Waals surface area contributed by atoms with Crippen molar-refractivity contribution in [2.45, 2.75) is 76.3 Å². The lowest BCUT2D eigenvalue weighted by Gasteiger charge is -2.36. The highest BCUT2D eigenvalue weighted by Gasteiger charge is 2.39. The first-order valence-electron chi connectivity index (χ1n) is 17.5. The van der Waals surface area contributed by atoms with Gasteiger partial charge in [0, 0.05) is 40.4 Å². The Morgan fingerprint density at radius 2 is 1.17 bits per heavy atom. The van der Waals surface area contributed by atoms with E-state index < -0.39 is 71.7 Å². The monoisotopic (exact) mass is 726 g/mol. The van der Waals surface area contributed by atoms with Crippen LogP contribution in [-0.2, 0) is 48.0 Å². The van der Waals surface area contributed by atoms with Crippen molar-refractivity contribution in [3.63, 3.8) is 0 Å². The molecule has 14 heteroatoms. The highest BCUT2D eigenvalue weighted by molar-refractivity contribution is 5.98. The molecule has 3 aromatic carbocycles. The number of amides is 6. The molecule has 3 aliphatic rings. The first-order chi connectivity index (χ1) is 25.1. The van der Waals surface area contributed by atoms with E-state index in [0.717, 1.165) is 5.56 Å². The zero-order valence-corrected chi connectivity index (χ0v) is 30.7. The fourth-order valence-electron chi connectivity index (χ4n) is 6.53. The maximum absolute atomic E-state index is 14.5. The second kappa shape index (κ2) is 16.2. The lowest BCUT2D eigenvalue weighted by molar-refractivity contribution is -0.149. The number of likely N-dealkylation sites (N-methyl/N-ethyl adjacent to an activating group) is 3. The maximum Gasteiger partial charge on any atom is 0.246 e.